The maximum Gasteiger partial charge on any atom is 0.341 e. The van der Waals surface area contributed by atoms with Crippen molar-refractivity contribution < 1.29 is 23.9 Å². The van der Waals surface area contributed by atoms with E-state index in [-0.39, 0.29) is 41.1 Å². The number of pyridine rings is 1. The van der Waals surface area contributed by atoms with Crippen LogP contribution in [0.25, 0.3) is 10.9 Å². The van der Waals surface area contributed by atoms with E-state index in [1.54, 1.807) is 43.5 Å². The molecule has 2 amide bonds. The lowest BCUT2D eigenvalue weighted by molar-refractivity contribution is -0.113. The maximum atomic E-state index is 12.8. The molecule has 1 aromatic heterocycles. The summed E-state index contributed by atoms with van der Waals surface area (Å²) in [5, 5.41) is 6.76. The molecule has 1 saturated carbocycles. The third-order valence-corrected chi connectivity index (χ3v) is 8.06. The van der Waals surface area contributed by atoms with Gasteiger partial charge < -0.3 is 20.1 Å². The number of carbonyl (C=O) groups is 3. The lowest BCUT2D eigenvalue weighted by Gasteiger charge is -2.29. The largest absolute Gasteiger partial charge is 0.497 e. The molecule has 1 fully saturated rings. The zero-order valence-electron chi connectivity index (χ0n) is 20.2. The van der Waals surface area contributed by atoms with Crippen molar-refractivity contribution in [3.8, 4) is 5.75 Å². The van der Waals surface area contributed by atoms with Gasteiger partial charge in [0.05, 0.1) is 36.2 Å². The topological polar surface area (TPSA) is 107 Å². The van der Waals surface area contributed by atoms with E-state index in [1.165, 1.54) is 11.8 Å². The van der Waals surface area contributed by atoms with Crippen molar-refractivity contribution in [2.24, 2.45) is 5.92 Å². The van der Waals surface area contributed by atoms with Gasteiger partial charge in [-0.3, -0.25) is 9.59 Å². The van der Waals surface area contributed by atoms with Crippen molar-refractivity contribution in [2.75, 3.05) is 24.8 Å². The zero-order chi connectivity index (χ0) is 25.9. The van der Waals surface area contributed by atoms with E-state index in [0.29, 0.717) is 28.3 Å². The van der Waals surface area contributed by atoms with Crippen LogP contribution < -0.4 is 15.4 Å². The lowest BCUT2D eigenvalue weighted by atomic mass is 9.86. The maximum absolute atomic E-state index is 12.8. The second-order valence-corrected chi connectivity index (χ2v) is 10.6. The molecule has 0 unspecified atom stereocenters. The molecule has 0 spiro atoms. The summed E-state index contributed by atoms with van der Waals surface area (Å²) in [5.74, 6) is 0.539. The van der Waals surface area contributed by atoms with Crippen molar-refractivity contribution in [3.63, 3.8) is 0 Å². The summed E-state index contributed by atoms with van der Waals surface area (Å²) in [6.07, 6.45) is 3.25. The molecule has 0 radical (unpaired) electrons. The number of methoxy groups -OCH3 is 1. The summed E-state index contributed by atoms with van der Waals surface area (Å²) in [5.41, 5.74) is 2.10. The summed E-state index contributed by atoms with van der Waals surface area (Å²) in [6.45, 7) is 0.286. The number of hydrogen-bond acceptors (Lipinski definition) is 7. The Balaban J connectivity index is 1.12. The summed E-state index contributed by atoms with van der Waals surface area (Å²) in [7, 11) is 1.58. The minimum absolute atomic E-state index is 0.0496. The molecule has 5 rings (SSSR count). The van der Waals surface area contributed by atoms with Crippen LogP contribution in [0, 0.1) is 5.92 Å². The molecule has 1 aliphatic heterocycles. The van der Waals surface area contributed by atoms with E-state index < -0.39 is 5.97 Å². The number of thioether (sulfide) groups is 1. The molecular formula is C27H26ClN3O5S. The molecule has 3 aromatic rings. The fourth-order valence-corrected chi connectivity index (χ4v) is 5.65. The van der Waals surface area contributed by atoms with E-state index in [9.17, 15) is 14.4 Å². The lowest BCUT2D eigenvalue weighted by Crippen LogP contribution is -2.38. The standard InChI is InChI=1S/C27H26ClN3O5S/c1-35-19-7-8-21-17(10-19)11-20(25(28)31-21)27(34)36-13-15-2-5-18(6-3-15)29-26(33)16-4-9-23-22(12-16)30-24(32)14-37-23/h4,7-12,15,18H,2-3,5-6,13-14H2,1H3,(H,29,33)(H,30,32)/t15-,18-. The molecule has 0 bridgehead atoms. The number of benzene rings is 2. The predicted molar refractivity (Wildman–Crippen MR) is 143 cm³/mol. The van der Waals surface area contributed by atoms with Crippen molar-refractivity contribution >= 4 is 57.7 Å². The Morgan fingerprint density at radius 3 is 2.73 bits per heavy atom. The summed E-state index contributed by atoms with van der Waals surface area (Å²) < 4.78 is 10.8. The van der Waals surface area contributed by atoms with Gasteiger partial charge in [0.25, 0.3) is 5.91 Å². The number of nitrogens with one attached hydrogen (secondary N) is 2. The smallest absolute Gasteiger partial charge is 0.341 e. The van der Waals surface area contributed by atoms with Gasteiger partial charge in [0.2, 0.25) is 5.91 Å². The Kier molecular flexibility index (Phi) is 7.53. The second kappa shape index (κ2) is 11.0. The van der Waals surface area contributed by atoms with E-state index in [2.05, 4.69) is 15.6 Å². The van der Waals surface area contributed by atoms with Crippen LogP contribution >= 0.6 is 23.4 Å². The Morgan fingerprint density at radius 2 is 1.95 bits per heavy atom. The second-order valence-electron chi connectivity index (χ2n) is 9.22. The molecule has 1 aliphatic carbocycles. The quantitative estimate of drug-likeness (QED) is 0.332. The van der Waals surface area contributed by atoms with Crippen molar-refractivity contribution in [3.05, 3.63) is 58.7 Å². The average molecular weight is 540 g/mol. The SMILES string of the molecule is COc1ccc2nc(Cl)c(C(=O)OC[C@H]3CC[C@H](NC(=O)c4ccc5c(c4)NC(=O)CS5)CC3)cc2c1. The molecule has 8 nitrogen and oxygen atoms in total. The van der Waals surface area contributed by atoms with E-state index in [1.807, 2.05) is 6.07 Å². The van der Waals surface area contributed by atoms with E-state index in [4.69, 9.17) is 21.1 Å². The fraction of sp³-hybridized carbons (Fsp3) is 0.333. The molecule has 0 atom stereocenters. The van der Waals surface area contributed by atoms with Crippen molar-refractivity contribution in [1.82, 2.24) is 10.3 Å². The molecule has 0 saturated heterocycles. The number of hydrogen-bond donors (Lipinski definition) is 2. The highest BCUT2D eigenvalue weighted by Gasteiger charge is 2.25. The average Bonchev–Trinajstić information content (AvgIpc) is 2.91. The van der Waals surface area contributed by atoms with Gasteiger partial charge in [-0.2, -0.15) is 0 Å². The Labute approximate surface area is 223 Å². The van der Waals surface area contributed by atoms with E-state index in [0.717, 1.165) is 36.0 Å². The van der Waals surface area contributed by atoms with Crippen LogP contribution in [0.3, 0.4) is 0 Å². The predicted octanol–water partition coefficient (Wildman–Crippen LogP) is 5.09. The van der Waals surface area contributed by atoms with Crippen LogP contribution in [0.5, 0.6) is 5.75 Å². The molecule has 2 N–H and O–H groups in total. The highest BCUT2D eigenvalue weighted by Crippen LogP contribution is 2.32. The van der Waals surface area contributed by atoms with Gasteiger partial charge in [-0.25, -0.2) is 9.78 Å². The van der Waals surface area contributed by atoms with Gasteiger partial charge in [-0.15, -0.1) is 11.8 Å². The molecular weight excluding hydrogens is 514 g/mol. The zero-order valence-corrected chi connectivity index (χ0v) is 21.8. The number of halogens is 1. The first-order chi connectivity index (χ1) is 17.9. The van der Waals surface area contributed by atoms with Crippen LogP contribution in [0.15, 0.2) is 47.4 Å². The fourth-order valence-electron chi connectivity index (χ4n) is 4.64. The number of amides is 2. The number of carbonyl (C=O) groups excluding carboxylic acids is 3. The van der Waals surface area contributed by atoms with Gasteiger partial charge in [-0.05, 0) is 74.1 Å². The third kappa shape index (κ3) is 5.83. The Morgan fingerprint density at radius 1 is 1.14 bits per heavy atom. The third-order valence-electron chi connectivity index (χ3n) is 6.70. The van der Waals surface area contributed by atoms with Gasteiger partial charge >= 0.3 is 5.97 Å². The van der Waals surface area contributed by atoms with Gasteiger partial charge in [0.1, 0.15) is 10.9 Å². The number of rotatable bonds is 6. The van der Waals surface area contributed by atoms with Crippen LogP contribution in [0.1, 0.15) is 46.4 Å². The van der Waals surface area contributed by atoms with Crippen LogP contribution in [0.4, 0.5) is 5.69 Å². The highest BCUT2D eigenvalue weighted by molar-refractivity contribution is 8.00. The van der Waals surface area contributed by atoms with Crippen LogP contribution in [-0.2, 0) is 9.53 Å². The molecule has 10 heteroatoms. The number of esters is 1. The monoisotopic (exact) mass is 539 g/mol. The Hall–Kier alpha value is -3.30. The number of fused-ring (bicyclic) bond motifs is 2. The molecule has 37 heavy (non-hydrogen) atoms. The van der Waals surface area contributed by atoms with Gasteiger partial charge in [0, 0.05) is 21.9 Å². The first kappa shape index (κ1) is 25.4. The number of ether oxygens (including phenoxy) is 2. The highest BCUT2D eigenvalue weighted by atomic mass is 35.5. The summed E-state index contributed by atoms with van der Waals surface area (Å²) in [4.78, 5) is 42.4. The molecule has 2 aromatic carbocycles. The van der Waals surface area contributed by atoms with Crippen molar-refractivity contribution in [2.45, 2.75) is 36.6 Å². The molecule has 2 heterocycles. The summed E-state index contributed by atoms with van der Waals surface area (Å²) >= 11 is 7.72. The molecule has 192 valence electrons. The van der Waals surface area contributed by atoms with Crippen molar-refractivity contribution in [1.29, 1.82) is 0 Å². The van der Waals surface area contributed by atoms with E-state index >= 15 is 0 Å². The first-order valence-corrected chi connectivity index (χ1v) is 13.4. The normalized spacial score (nSPS) is 19.0. The molecule has 2 aliphatic rings. The van der Waals surface area contributed by atoms with Crippen LogP contribution in [0.2, 0.25) is 5.15 Å². The number of nitrogens with zero attached hydrogens (tertiary/aromatic N) is 1. The number of anilines is 1. The Bertz CT molecular complexity index is 1370. The van der Waals surface area contributed by atoms with Crippen LogP contribution in [-0.4, -0.2) is 48.3 Å². The minimum atomic E-state index is -0.504. The van der Waals surface area contributed by atoms with Gasteiger partial charge in [-0.1, -0.05) is 11.6 Å². The number of aromatic nitrogens is 1. The summed E-state index contributed by atoms with van der Waals surface area (Å²) in [6, 6.07) is 12.5. The minimum Gasteiger partial charge on any atom is -0.497 e. The first-order valence-electron chi connectivity index (χ1n) is 12.1. The van der Waals surface area contributed by atoms with Gasteiger partial charge in [0.15, 0.2) is 0 Å².